The number of carbonyl (C=O) groups excluding carboxylic acids is 2. The Labute approximate surface area is 227 Å². The third kappa shape index (κ3) is 6.87. The second kappa shape index (κ2) is 11.5. The zero-order valence-corrected chi connectivity index (χ0v) is 23.6. The van der Waals surface area contributed by atoms with Crippen molar-refractivity contribution in [3.05, 3.63) is 64.2 Å². The Morgan fingerprint density at radius 2 is 1.62 bits per heavy atom. The number of ether oxygens (including phenoxy) is 1. The molecule has 2 saturated heterocycles. The number of amides is 2. The first kappa shape index (κ1) is 27.5. The molecular weight excluding hydrogens is 484 g/mol. The summed E-state index contributed by atoms with van der Waals surface area (Å²) in [5, 5.41) is 0.703. The lowest BCUT2D eigenvalue weighted by Gasteiger charge is -2.43. The SMILES string of the molecule is Cc1cc(OC[C@]2(CC(=O)N3CCCCC3)CCCN(C(=O)c3ccc(C(C)(C)C)cc3)C2)ccc1Cl. The van der Waals surface area contributed by atoms with E-state index in [4.69, 9.17) is 16.3 Å². The number of hydrogen-bond donors (Lipinski definition) is 0. The molecule has 2 aromatic rings. The molecule has 200 valence electrons. The quantitative estimate of drug-likeness (QED) is 0.425. The largest absolute Gasteiger partial charge is 0.493 e. The van der Waals surface area contributed by atoms with E-state index in [-0.39, 0.29) is 17.2 Å². The van der Waals surface area contributed by atoms with Crippen molar-refractivity contribution in [2.75, 3.05) is 32.8 Å². The zero-order chi connectivity index (χ0) is 26.6. The van der Waals surface area contributed by atoms with Crippen molar-refractivity contribution < 1.29 is 14.3 Å². The summed E-state index contributed by atoms with van der Waals surface area (Å²) in [6.45, 7) is 11.7. The number of likely N-dealkylation sites (tertiary alicyclic amines) is 2. The van der Waals surface area contributed by atoms with Crippen LogP contribution in [0.15, 0.2) is 42.5 Å². The van der Waals surface area contributed by atoms with Crippen LogP contribution in [-0.2, 0) is 10.2 Å². The summed E-state index contributed by atoms with van der Waals surface area (Å²) < 4.78 is 6.29. The molecular formula is C31H41ClN2O3. The summed E-state index contributed by atoms with van der Waals surface area (Å²) in [5.41, 5.74) is 2.46. The maximum absolute atomic E-state index is 13.6. The van der Waals surface area contributed by atoms with Gasteiger partial charge in [-0.1, -0.05) is 44.5 Å². The minimum absolute atomic E-state index is 0.0253. The first-order chi connectivity index (χ1) is 17.6. The van der Waals surface area contributed by atoms with Gasteiger partial charge in [-0.05, 0) is 85.9 Å². The van der Waals surface area contributed by atoms with Crippen LogP contribution < -0.4 is 4.74 Å². The van der Waals surface area contributed by atoms with E-state index in [1.54, 1.807) is 0 Å². The Morgan fingerprint density at radius 3 is 2.27 bits per heavy atom. The smallest absolute Gasteiger partial charge is 0.253 e. The predicted molar refractivity (Wildman–Crippen MR) is 149 cm³/mol. The van der Waals surface area contributed by atoms with Crippen LogP contribution in [0.1, 0.15) is 80.8 Å². The maximum Gasteiger partial charge on any atom is 0.253 e. The normalized spacial score (nSPS) is 20.6. The van der Waals surface area contributed by atoms with Crippen molar-refractivity contribution >= 4 is 23.4 Å². The lowest BCUT2D eigenvalue weighted by Crippen LogP contribution is -2.51. The number of benzene rings is 2. The first-order valence-corrected chi connectivity index (χ1v) is 14.0. The molecule has 2 amide bonds. The van der Waals surface area contributed by atoms with E-state index in [2.05, 4.69) is 32.9 Å². The van der Waals surface area contributed by atoms with Gasteiger partial charge in [0, 0.05) is 48.6 Å². The molecule has 0 aliphatic carbocycles. The number of hydrogen-bond acceptors (Lipinski definition) is 3. The number of carbonyl (C=O) groups is 2. The third-order valence-corrected chi connectivity index (χ3v) is 8.28. The monoisotopic (exact) mass is 524 g/mol. The van der Waals surface area contributed by atoms with Crippen LogP contribution in [0.5, 0.6) is 5.75 Å². The summed E-state index contributed by atoms with van der Waals surface area (Å²) in [6.07, 6.45) is 5.41. The van der Waals surface area contributed by atoms with Gasteiger partial charge < -0.3 is 14.5 Å². The van der Waals surface area contributed by atoms with Crippen LogP contribution in [0, 0.1) is 12.3 Å². The van der Waals surface area contributed by atoms with Crippen LogP contribution in [-0.4, -0.2) is 54.4 Å². The molecule has 0 unspecified atom stereocenters. The molecule has 5 nitrogen and oxygen atoms in total. The van der Waals surface area contributed by atoms with Crippen molar-refractivity contribution in [2.45, 2.75) is 71.6 Å². The molecule has 2 heterocycles. The van der Waals surface area contributed by atoms with Crippen LogP contribution >= 0.6 is 11.6 Å². The van der Waals surface area contributed by atoms with Gasteiger partial charge in [0.1, 0.15) is 5.75 Å². The van der Waals surface area contributed by atoms with Gasteiger partial charge in [0.05, 0.1) is 6.61 Å². The third-order valence-electron chi connectivity index (χ3n) is 7.86. The van der Waals surface area contributed by atoms with E-state index in [0.717, 1.165) is 50.1 Å². The molecule has 37 heavy (non-hydrogen) atoms. The van der Waals surface area contributed by atoms with Crippen molar-refractivity contribution in [2.24, 2.45) is 5.41 Å². The molecule has 1 atom stereocenters. The number of halogens is 1. The van der Waals surface area contributed by atoms with Gasteiger partial charge >= 0.3 is 0 Å². The Kier molecular flexibility index (Phi) is 8.52. The van der Waals surface area contributed by atoms with Gasteiger partial charge in [-0.15, -0.1) is 0 Å². The second-order valence-electron chi connectivity index (χ2n) is 12.0. The standard InChI is InChI=1S/C31H41ClN2O3/c1-23-19-26(13-14-27(23)32)37-22-31(20-28(35)33-16-6-5-7-17-33)15-8-18-34(21-31)29(36)24-9-11-25(12-10-24)30(2,3)4/h9-14,19H,5-8,15-18,20-22H2,1-4H3/t31-/m0/s1. The lowest BCUT2D eigenvalue weighted by molar-refractivity contribution is -0.136. The fourth-order valence-electron chi connectivity index (χ4n) is 5.51. The summed E-state index contributed by atoms with van der Waals surface area (Å²) in [7, 11) is 0. The predicted octanol–water partition coefficient (Wildman–Crippen LogP) is 6.65. The number of rotatable bonds is 6. The molecule has 0 aromatic heterocycles. The molecule has 2 aromatic carbocycles. The fraction of sp³-hybridized carbons (Fsp3) is 0.548. The van der Waals surface area contributed by atoms with Gasteiger partial charge in [-0.25, -0.2) is 0 Å². The Balaban J connectivity index is 1.53. The minimum atomic E-state index is -0.429. The number of piperidine rings is 2. The van der Waals surface area contributed by atoms with Gasteiger partial charge in [-0.2, -0.15) is 0 Å². The van der Waals surface area contributed by atoms with E-state index in [1.165, 1.54) is 12.0 Å². The van der Waals surface area contributed by atoms with E-state index >= 15 is 0 Å². The fourth-order valence-corrected chi connectivity index (χ4v) is 5.63. The van der Waals surface area contributed by atoms with Crippen LogP contribution in [0.3, 0.4) is 0 Å². The molecule has 4 rings (SSSR count). The van der Waals surface area contributed by atoms with Crippen LogP contribution in [0.25, 0.3) is 0 Å². The topological polar surface area (TPSA) is 49.9 Å². The van der Waals surface area contributed by atoms with Gasteiger partial charge in [0.15, 0.2) is 0 Å². The number of nitrogens with zero attached hydrogens (tertiary/aromatic N) is 2. The molecule has 0 spiro atoms. The van der Waals surface area contributed by atoms with Crippen molar-refractivity contribution in [3.63, 3.8) is 0 Å². The van der Waals surface area contributed by atoms with E-state index < -0.39 is 5.41 Å². The molecule has 0 radical (unpaired) electrons. The average Bonchev–Trinajstić information content (AvgIpc) is 2.89. The zero-order valence-electron chi connectivity index (χ0n) is 22.8. The highest BCUT2D eigenvalue weighted by molar-refractivity contribution is 6.31. The van der Waals surface area contributed by atoms with Crippen molar-refractivity contribution in [1.82, 2.24) is 9.80 Å². The highest BCUT2D eigenvalue weighted by Gasteiger charge is 2.41. The van der Waals surface area contributed by atoms with Gasteiger partial charge in [0.2, 0.25) is 5.91 Å². The Hall–Kier alpha value is -2.53. The van der Waals surface area contributed by atoms with Gasteiger partial charge in [0.25, 0.3) is 5.91 Å². The first-order valence-electron chi connectivity index (χ1n) is 13.6. The molecule has 0 N–H and O–H groups in total. The molecule has 2 aliphatic heterocycles. The molecule has 0 saturated carbocycles. The van der Waals surface area contributed by atoms with Crippen LogP contribution in [0.2, 0.25) is 5.02 Å². The lowest BCUT2D eigenvalue weighted by atomic mass is 9.77. The molecule has 2 aliphatic rings. The maximum atomic E-state index is 13.6. The molecule has 2 fully saturated rings. The second-order valence-corrected chi connectivity index (χ2v) is 12.4. The Morgan fingerprint density at radius 1 is 0.946 bits per heavy atom. The summed E-state index contributed by atoms with van der Waals surface area (Å²) in [6, 6.07) is 13.6. The number of aryl methyl sites for hydroxylation is 1. The van der Waals surface area contributed by atoms with E-state index in [1.807, 2.05) is 47.1 Å². The molecule has 0 bridgehead atoms. The summed E-state index contributed by atoms with van der Waals surface area (Å²) in [5.74, 6) is 0.949. The molecule has 6 heteroatoms. The van der Waals surface area contributed by atoms with E-state index in [0.29, 0.717) is 36.7 Å². The average molecular weight is 525 g/mol. The minimum Gasteiger partial charge on any atom is -0.493 e. The Bertz CT molecular complexity index is 1100. The van der Waals surface area contributed by atoms with E-state index in [9.17, 15) is 9.59 Å². The highest BCUT2D eigenvalue weighted by atomic mass is 35.5. The highest BCUT2D eigenvalue weighted by Crippen LogP contribution is 2.37. The van der Waals surface area contributed by atoms with Crippen LogP contribution in [0.4, 0.5) is 0 Å². The summed E-state index contributed by atoms with van der Waals surface area (Å²) in [4.78, 5) is 30.9. The van der Waals surface area contributed by atoms with Crippen molar-refractivity contribution in [1.29, 1.82) is 0 Å². The van der Waals surface area contributed by atoms with Crippen molar-refractivity contribution in [3.8, 4) is 5.75 Å². The summed E-state index contributed by atoms with van der Waals surface area (Å²) >= 11 is 6.21. The van der Waals surface area contributed by atoms with Gasteiger partial charge in [-0.3, -0.25) is 9.59 Å².